The minimum Gasteiger partial charge on any atom is -0.496 e. The summed E-state index contributed by atoms with van der Waals surface area (Å²) in [6.07, 6.45) is 4.40. The first-order valence-corrected chi connectivity index (χ1v) is 7.25. The minimum atomic E-state index is -0.219. The van der Waals surface area contributed by atoms with Gasteiger partial charge in [0.15, 0.2) is 11.5 Å². The van der Waals surface area contributed by atoms with Gasteiger partial charge in [-0.3, -0.25) is 9.48 Å². The van der Waals surface area contributed by atoms with Gasteiger partial charge < -0.3 is 19.5 Å². The molecule has 0 spiro atoms. The van der Waals surface area contributed by atoms with E-state index in [4.69, 9.17) is 14.2 Å². The number of hydrogen-bond acceptors (Lipinski definition) is 5. The lowest BCUT2D eigenvalue weighted by Crippen LogP contribution is -2.25. The van der Waals surface area contributed by atoms with E-state index in [1.807, 2.05) is 16.9 Å². The van der Waals surface area contributed by atoms with Crippen molar-refractivity contribution >= 4 is 5.91 Å². The fourth-order valence-corrected chi connectivity index (χ4v) is 2.18. The largest absolute Gasteiger partial charge is 0.496 e. The van der Waals surface area contributed by atoms with Crippen molar-refractivity contribution in [3.05, 3.63) is 36.2 Å². The average Bonchev–Trinajstić information content (AvgIpc) is 3.10. The van der Waals surface area contributed by atoms with Gasteiger partial charge in [-0.15, -0.1) is 0 Å². The molecule has 7 heteroatoms. The van der Waals surface area contributed by atoms with Crippen LogP contribution in [0.15, 0.2) is 30.6 Å². The Morgan fingerprint density at radius 1 is 1.13 bits per heavy atom. The molecule has 1 amide bonds. The van der Waals surface area contributed by atoms with Crippen LogP contribution in [-0.2, 0) is 6.54 Å². The van der Waals surface area contributed by atoms with Crippen molar-refractivity contribution in [1.29, 1.82) is 0 Å². The first kappa shape index (κ1) is 16.7. The number of nitrogens with one attached hydrogen (secondary N) is 1. The third-order valence-corrected chi connectivity index (χ3v) is 3.36. The summed E-state index contributed by atoms with van der Waals surface area (Å²) in [5.41, 5.74) is 0.407. The summed E-state index contributed by atoms with van der Waals surface area (Å²) in [4.78, 5) is 12.3. The summed E-state index contributed by atoms with van der Waals surface area (Å²) in [6, 6.07) is 5.12. The zero-order chi connectivity index (χ0) is 16.7. The van der Waals surface area contributed by atoms with Gasteiger partial charge in [-0.25, -0.2) is 0 Å². The zero-order valence-corrected chi connectivity index (χ0v) is 13.5. The molecule has 0 atom stereocenters. The van der Waals surface area contributed by atoms with Crippen LogP contribution in [-0.4, -0.2) is 43.6 Å². The lowest BCUT2D eigenvalue weighted by Gasteiger charge is -2.14. The number of carbonyl (C=O) groups is 1. The minimum absolute atomic E-state index is 0.219. The second-order valence-electron chi connectivity index (χ2n) is 4.79. The van der Waals surface area contributed by atoms with Crippen molar-refractivity contribution in [1.82, 2.24) is 15.1 Å². The van der Waals surface area contributed by atoms with Crippen molar-refractivity contribution in [2.24, 2.45) is 0 Å². The lowest BCUT2D eigenvalue weighted by molar-refractivity contribution is 0.0949. The predicted octanol–water partition coefficient (Wildman–Crippen LogP) is 1.73. The van der Waals surface area contributed by atoms with Crippen molar-refractivity contribution in [2.45, 2.75) is 13.0 Å². The van der Waals surface area contributed by atoms with E-state index in [1.54, 1.807) is 18.3 Å². The highest BCUT2D eigenvalue weighted by Crippen LogP contribution is 2.34. The number of hydrogen-bond donors (Lipinski definition) is 1. The van der Waals surface area contributed by atoms with Gasteiger partial charge in [0.25, 0.3) is 5.91 Å². The first-order valence-electron chi connectivity index (χ1n) is 7.25. The number of nitrogens with zero attached hydrogens (tertiary/aromatic N) is 2. The van der Waals surface area contributed by atoms with E-state index in [0.29, 0.717) is 29.4 Å². The van der Waals surface area contributed by atoms with Gasteiger partial charge in [0, 0.05) is 37.6 Å². The van der Waals surface area contributed by atoms with Gasteiger partial charge in [-0.05, 0) is 12.5 Å². The molecule has 0 bridgehead atoms. The van der Waals surface area contributed by atoms with Crippen molar-refractivity contribution in [3.8, 4) is 17.2 Å². The first-order chi connectivity index (χ1) is 11.2. The number of rotatable bonds is 8. The molecule has 0 unspecified atom stereocenters. The number of methoxy groups -OCH3 is 3. The van der Waals surface area contributed by atoms with Crippen LogP contribution < -0.4 is 19.5 Å². The summed E-state index contributed by atoms with van der Waals surface area (Å²) in [5, 5.41) is 6.98. The Balaban J connectivity index is 2.00. The maximum atomic E-state index is 12.3. The van der Waals surface area contributed by atoms with Crippen LogP contribution in [0.25, 0.3) is 0 Å². The maximum absolute atomic E-state index is 12.3. The average molecular weight is 319 g/mol. The molecule has 124 valence electrons. The second kappa shape index (κ2) is 8.07. The zero-order valence-electron chi connectivity index (χ0n) is 13.5. The van der Waals surface area contributed by atoms with Crippen LogP contribution in [0.1, 0.15) is 16.8 Å². The molecular formula is C16H21N3O4. The quantitative estimate of drug-likeness (QED) is 0.750. The predicted molar refractivity (Wildman–Crippen MR) is 85.3 cm³/mol. The Morgan fingerprint density at radius 2 is 1.83 bits per heavy atom. The van der Waals surface area contributed by atoms with Crippen molar-refractivity contribution in [3.63, 3.8) is 0 Å². The van der Waals surface area contributed by atoms with E-state index >= 15 is 0 Å². The number of aryl methyl sites for hydroxylation is 1. The van der Waals surface area contributed by atoms with Crippen LogP contribution >= 0.6 is 0 Å². The van der Waals surface area contributed by atoms with E-state index < -0.39 is 0 Å². The molecular weight excluding hydrogens is 298 g/mol. The molecule has 0 radical (unpaired) electrons. The van der Waals surface area contributed by atoms with E-state index in [-0.39, 0.29) is 5.91 Å². The smallest absolute Gasteiger partial charge is 0.255 e. The Kier molecular flexibility index (Phi) is 5.85. The Labute approximate surface area is 135 Å². The number of benzene rings is 1. The van der Waals surface area contributed by atoms with Crippen molar-refractivity contribution < 1.29 is 19.0 Å². The lowest BCUT2D eigenvalue weighted by atomic mass is 10.1. The summed E-state index contributed by atoms with van der Waals surface area (Å²) in [5.74, 6) is 1.21. The number of aromatic nitrogens is 2. The molecule has 2 rings (SSSR count). The van der Waals surface area contributed by atoms with E-state index in [0.717, 1.165) is 13.0 Å². The number of amides is 1. The van der Waals surface area contributed by atoms with Crippen LogP contribution in [0.3, 0.4) is 0 Å². The Morgan fingerprint density at radius 3 is 2.43 bits per heavy atom. The monoisotopic (exact) mass is 319 g/mol. The molecule has 23 heavy (non-hydrogen) atoms. The highest BCUT2D eigenvalue weighted by Gasteiger charge is 2.17. The standard InChI is InChI=1S/C16H21N3O4/c1-21-13-11-15(23-3)14(22-2)10-12(13)16(20)17-6-4-8-19-9-5-7-18-19/h5,7,9-11H,4,6,8H2,1-3H3,(H,17,20). The van der Waals surface area contributed by atoms with Gasteiger partial charge in [0.2, 0.25) is 0 Å². The highest BCUT2D eigenvalue weighted by molar-refractivity contribution is 5.97. The van der Waals surface area contributed by atoms with Gasteiger partial charge >= 0.3 is 0 Å². The normalized spacial score (nSPS) is 10.2. The third kappa shape index (κ3) is 4.15. The molecule has 0 aliphatic carbocycles. The van der Waals surface area contributed by atoms with E-state index in [9.17, 15) is 4.79 Å². The number of carbonyl (C=O) groups excluding carboxylic acids is 1. The van der Waals surface area contributed by atoms with Gasteiger partial charge in [-0.1, -0.05) is 0 Å². The molecule has 0 fully saturated rings. The van der Waals surface area contributed by atoms with Gasteiger partial charge in [0.1, 0.15) is 5.75 Å². The Bertz CT molecular complexity index is 641. The molecule has 0 aliphatic rings. The molecule has 2 aromatic rings. The van der Waals surface area contributed by atoms with Crippen LogP contribution in [0.2, 0.25) is 0 Å². The second-order valence-corrected chi connectivity index (χ2v) is 4.79. The van der Waals surface area contributed by atoms with Gasteiger partial charge in [-0.2, -0.15) is 5.10 Å². The van der Waals surface area contributed by atoms with E-state index in [2.05, 4.69) is 10.4 Å². The molecule has 1 aromatic carbocycles. The summed E-state index contributed by atoms with van der Waals surface area (Å²) >= 11 is 0. The third-order valence-electron chi connectivity index (χ3n) is 3.36. The summed E-state index contributed by atoms with van der Waals surface area (Å²) < 4.78 is 17.5. The van der Waals surface area contributed by atoms with Crippen LogP contribution in [0.4, 0.5) is 0 Å². The van der Waals surface area contributed by atoms with E-state index in [1.165, 1.54) is 21.3 Å². The van der Waals surface area contributed by atoms with Crippen LogP contribution in [0.5, 0.6) is 17.2 Å². The summed E-state index contributed by atoms with van der Waals surface area (Å²) in [7, 11) is 4.57. The topological polar surface area (TPSA) is 74.6 Å². The highest BCUT2D eigenvalue weighted by atomic mass is 16.5. The molecule has 7 nitrogen and oxygen atoms in total. The van der Waals surface area contributed by atoms with Gasteiger partial charge in [0.05, 0.1) is 26.9 Å². The summed E-state index contributed by atoms with van der Waals surface area (Å²) in [6.45, 7) is 1.28. The number of ether oxygens (including phenoxy) is 3. The molecule has 1 aromatic heterocycles. The van der Waals surface area contributed by atoms with Crippen molar-refractivity contribution in [2.75, 3.05) is 27.9 Å². The fraction of sp³-hybridized carbons (Fsp3) is 0.375. The maximum Gasteiger partial charge on any atom is 0.255 e. The SMILES string of the molecule is COc1cc(OC)c(C(=O)NCCCn2cccn2)cc1OC. The molecule has 0 saturated carbocycles. The molecule has 0 saturated heterocycles. The Hall–Kier alpha value is -2.70. The van der Waals surface area contributed by atoms with Crippen LogP contribution in [0, 0.1) is 0 Å². The molecule has 0 aliphatic heterocycles. The molecule has 1 N–H and O–H groups in total. The molecule has 1 heterocycles. The fourth-order valence-electron chi connectivity index (χ4n) is 2.18.